The average Bonchev–Trinajstić information content (AvgIpc) is 3.16. The van der Waals surface area contributed by atoms with Gasteiger partial charge in [-0.15, -0.1) is 0 Å². The van der Waals surface area contributed by atoms with E-state index in [9.17, 15) is 8.42 Å². The van der Waals surface area contributed by atoms with Crippen molar-refractivity contribution in [3.8, 4) is 11.5 Å². The summed E-state index contributed by atoms with van der Waals surface area (Å²) in [6.45, 7) is 6.78. The molecule has 0 bridgehead atoms. The molecule has 0 N–H and O–H groups in total. The summed E-state index contributed by atoms with van der Waals surface area (Å²) < 4.78 is 47.6. The van der Waals surface area contributed by atoms with Gasteiger partial charge >= 0.3 is 0 Å². The Hall–Kier alpha value is -2.10. The maximum atomic E-state index is 13.8. The van der Waals surface area contributed by atoms with Crippen LogP contribution in [0, 0.1) is 5.92 Å². The van der Waals surface area contributed by atoms with E-state index in [0.717, 1.165) is 43.5 Å². The molecule has 0 amide bonds. The molecule has 1 fully saturated rings. The van der Waals surface area contributed by atoms with E-state index in [1.165, 1.54) is 26.0 Å². The Bertz CT molecular complexity index is 1060. The van der Waals surface area contributed by atoms with Gasteiger partial charge < -0.3 is 14.2 Å². The molecule has 1 atom stereocenters. The van der Waals surface area contributed by atoms with Gasteiger partial charge in [0.2, 0.25) is 10.0 Å². The SMILES string of the molecule is COc1ccc(S(=O)(=O)N2CCCCC2c2nn(CC(C)C)c3c2COCC3)cc1OC. The summed E-state index contributed by atoms with van der Waals surface area (Å²) in [4.78, 5) is 0.203. The van der Waals surface area contributed by atoms with E-state index in [0.29, 0.717) is 37.2 Å². The van der Waals surface area contributed by atoms with Gasteiger partial charge in [-0.05, 0) is 30.9 Å². The second kappa shape index (κ2) is 9.41. The molecule has 0 saturated carbocycles. The molecule has 3 heterocycles. The lowest BCUT2D eigenvalue weighted by Gasteiger charge is -2.34. The predicted octanol–water partition coefficient (Wildman–Crippen LogP) is 3.54. The fourth-order valence-corrected chi connectivity index (χ4v) is 6.35. The minimum Gasteiger partial charge on any atom is -0.493 e. The molecule has 2 aliphatic heterocycles. The van der Waals surface area contributed by atoms with Crippen LogP contribution >= 0.6 is 0 Å². The summed E-state index contributed by atoms with van der Waals surface area (Å²) in [5, 5.41) is 4.96. The lowest BCUT2D eigenvalue weighted by molar-refractivity contribution is 0.106. The molecule has 32 heavy (non-hydrogen) atoms. The Morgan fingerprint density at radius 1 is 1.19 bits per heavy atom. The summed E-state index contributed by atoms with van der Waals surface area (Å²) in [6.07, 6.45) is 3.35. The van der Waals surface area contributed by atoms with Gasteiger partial charge in [0.15, 0.2) is 11.5 Å². The predicted molar refractivity (Wildman–Crippen MR) is 120 cm³/mol. The van der Waals surface area contributed by atoms with Crippen molar-refractivity contribution in [3.63, 3.8) is 0 Å². The van der Waals surface area contributed by atoms with Crippen LogP contribution in [0.4, 0.5) is 0 Å². The van der Waals surface area contributed by atoms with Gasteiger partial charge in [0.1, 0.15) is 0 Å². The molecule has 0 radical (unpaired) electrons. The quantitative estimate of drug-likeness (QED) is 0.625. The highest BCUT2D eigenvalue weighted by atomic mass is 32.2. The Balaban J connectivity index is 1.75. The number of rotatable bonds is 7. The van der Waals surface area contributed by atoms with Gasteiger partial charge in [0, 0.05) is 36.8 Å². The fourth-order valence-electron chi connectivity index (χ4n) is 4.68. The fraction of sp³-hybridized carbons (Fsp3) is 0.609. The highest BCUT2D eigenvalue weighted by molar-refractivity contribution is 7.89. The van der Waals surface area contributed by atoms with Gasteiger partial charge in [-0.1, -0.05) is 20.3 Å². The van der Waals surface area contributed by atoms with E-state index in [-0.39, 0.29) is 10.9 Å². The summed E-state index contributed by atoms with van der Waals surface area (Å²) in [5.41, 5.74) is 3.11. The summed E-state index contributed by atoms with van der Waals surface area (Å²) in [7, 11) is -0.711. The highest BCUT2D eigenvalue weighted by Crippen LogP contribution is 2.39. The Morgan fingerprint density at radius 2 is 1.97 bits per heavy atom. The molecule has 1 unspecified atom stereocenters. The number of ether oxygens (including phenoxy) is 3. The number of fused-ring (bicyclic) bond motifs is 1. The van der Waals surface area contributed by atoms with E-state index in [2.05, 4.69) is 18.5 Å². The van der Waals surface area contributed by atoms with Crippen LogP contribution in [0.25, 0.3) is 0 Å². The number of methoxy groups -OCH3 is 2. The second-order valence-electron chi connectivity index (χ2n) is 8.83. The minimum atomic E-state index is -3.75. The van der Waals surface area contributed by atoms with E-state index >= 15 is 0 Å². The molecule has 1 aromatic heterocycles. The van der Waals surface area contributed by atoms with Crippen molar-refractivity contribution in [1.29, 1.82) is 0 Å². The van der Waals surface area contributed by atoms with Gasteiger partial charge in [0.25, 0.3) is 0 Å². The maximum absolute atomic E-state index is 13.8. The summed E-state index contributed by atoms with van der Waals surface area (Å²) in [5.74, 6) is 1.35. The largest absolute Gasteiger partial charge is 0.493 e. The molecule has 1 aromatic carbocycles. The van der Waals surface area contributed by atoms with Crippen molar-refractivity contribution >= 4 is 10.0 Å². The lowest BCUT2D eigenvalue weighted by atomic mass is 9.97. The zero-order valence-corrected chi connectivity index (χ0v) is 20.2. The summed E-state index contributed by atoms with van der Waals surface area (Å²) >= 11 is 0. The van der Waals surface area contributed by atoms with Crippen LogP contribution in [0.3, 0.4) is 0 Å². The third-order valence-corrected chi connectivity index (χ3v) is 8.10. The van der Waals surface area contributed by atoms with Crippen LogP contribution in [0.5, 0.6) is 11.5 Å². The van der Waals surface area contributed by atoms with Crippen molar-refractivity contribution in [2.24, 2.45) is 5.92 Å². The van der Waals surface area contributed by atoms with Crippen molar-refractivity contribution in [2.45, 2.75) is 63.6 Å². The molecule has 2 aromatic rings. The Morgan fingerprint density at radius 3 is 2.69 bits per heavy atom. The number of nitrogens with zero attached hydrogens (tertiary/aromatic N) is 3. The molecular formula is C23H33N3O5S. The number of hydrogen-bond acceptors (Lipinski definition) is 6. The van der Waals surface area contributed by atoms with Crippen LogP contribution in [0.1, 0.15) is 56.1 Å². The van der Waals surface area contributed by atoms with E-state index in [1.807, 2.05) is 0 Å². The standard InChI is InChI=1S/C23H33N3O5S/c1-16(2)14-25-19-10-12-31-15-18(19)23(24-25)20-7-5-6-11-26(20)32(27,28)17-8-9-21(29-3)22(13-17)30-4/h8-9,13,16,20H,5-7,10-12,14-15H2,1-4H3. The average molecular weight is 464 g/mol. The smallest absolute Gasteiger partial charge is 0.243 e. The zero-order valence-electron chi connectivity index (χ0n) is 19.3. The van der Waals surface area contributed by atoms with Gasteiger partial charge in [-0.25, -0.2) is 8.42 Å². The molecule has 0 aliphatic carbocycles. The number of piperidine rings is 1. The lowest BCUT2D eigenvalue weighted by Crippen LogP contribution is -2.39. The number of benzene rings is 1. The maximum Gasteiger partial charge on any atom is 0.243 e. The van der Waals surface area contributed by atoms with Crippen LogP contribution < -0.4 is 9.47 Å². The number of hydrogen-bond donors (Lipinski definition) is 0. The minimum absolute atomic E-state index is 0.203. The van der Waals surface area contributed by atoms with Crippen LogP contribution in [-0.2, 0) is 34.3 Å². The third-order valence-electron chi connectivity index (χ3n) is 6.20. The van der Waals surface area contributed by atoms with E-state index in [1.54, 1.807) is 16.4 Å². The first-order valence-electron chi connectivity index (χ1n) is 11.3. The van der Waals surface area contributed by atoms with Gasteiger partial charge in [-0.2, -0.15) is 9.40 Å². The van der Waals surface area contributed by atoms with Crippen molar-refractivity contribution in [2.75, 3.05) is 27.4 Å². The van der Waals surface area contributed by atoms with Crippen LogP contribution in [0.2, 0.25) is 0 Å². The van der Waals surface area contributed by atoms with Gasteiger partial charge in [-0.3, -0.25) is 4.68 Å². The molecule has 1 saturated heterocycles. The van der Waals surface area contributed by atoms with Crippen LogP contribution in [0.15, 0.2) is 23.1 Å². The number of sulfonamides is 1. The van der Waals surface area contributed by atoms with Crippen LogP contribution in [-0.4, -0.2) is 49.9 Å². The second-order valence-corrected chi connectivity index (χ2v) is 10.7. The highest BCUT2D eigenvalue weighted by Gasteiger charge is 2.38. The first kappa shape index (κ1) is 23.1. The normalized spacial score (nSPS) is 19.7. The topological polar surface area (TPSA) is 82.9 Å². The Kier molecular flexibility index (Phi) is 6.78. The molecule has 0 spiro atoms. The summed E-state index contributed by atoms with van der Waals surface area (Å²) in [6, 6.07) is 4.46. The van der Waals surface area contributed by atoms with Crippen molar-refractivity contribution in [3.05, 3.63) is 35.2 Å². The first-order chi connectivity index (χ1) is 15.4. The van der Waals surface area contributed by atoms with Gasteiger partial charge in [0.05, 0.1) is 44.1 Å². The molecule has 9 heteroatoms. The number of aromatic nitrogens is 2. The molecule has 8 nitrogen and oxygen atoms in total. The monoisotopic (exact) mass is 463 g/mol. The Labute approximate surface area is 190 Å². The van der Waals surface area contributed by atoms with E-state index < -0.39 is 10.0 Å². The molecule has 176 valence electrons. The molecule has 4 rings (SSSR count). The van der Waals surface area contributed by atoms with Crippen molar-refractivity contribution < 1.29 is 22.6 Å². The van der Waals surface area contributed by atoms with E-state index in [4.69, 9.17) is 19.3 Å². The first-order valence-corrected chi connectivity index (χ1v) is 12.7. The molecular weight excluding hydrogens is 430 g/mol. The third kappa shape index (κ3) is 4.25. The van der Waals surface area contributed by atoms with Crippen molar-refractivity contribution in [1.82, 2.24) is 14.1 Å². The zero-order chi connectivity index (χ0) is 22.9. The molecule has 2 aliphatic rings.